The number of rotatable bonds is 2. The van der Waals surface area contributed by atoms with E-state index in [-0.39, 0.29) is 17.6 Å². The molecule has 19 heavy (non-hydrogen) atoms. The first kappa shape index (κ1) is 12.5. The van der Waals surface area contributed by atoms with Gasteiger partial charge in [0.1, 0.15) is 5.75 Å². The van der Waals surface area contributed by atoms with E-state index in [2.05, 4.69) is 5.32 Å². The monoisotopic (exact) mass is 259 g/mol. The number of hydrogen-bond acceptors (Lipinski definition) is 2. The van der Waals surface area contributed by atoms with Crippen LogP contribution in [0, 0.1) is 31.6 Å². The molecule has 1 aromatic carbocycles. The number of benzene rings is 1. The van der Waals surface area contributed by atoms with E-state index < -0.39 is 0 Å². The second-order valence-electron chi connectivity index (χ2n) is 6.22. The summed E-state index contributed by atoms with van der Waals surface area (Å²) >= 11 is 0. The lowest BCUT2D eigenvalue weighted by Crippen LogP contribution is -2.27. The lowest BCUT2D eigenvalue weighted by molar-refractivity contribution is -0.121. The van der Waals surface area contributed by atoms with Crippen LogP contribution in [0.15, 0.2) is 12.1 Å². The summed E-state index contributed by atoms with van der Waals surface area (Å²) in [7, 11) is 0. The summed E-state index contributed by atoms with van der Waals surface area (Å²) in [5.41, 5.74) is 2.55. The van der Waals surface area contributed by atoms with Crippen LogP contribution in [0.4, 0.5) is 5.69 Å². The van der Waals surface area contributed by atoms with Gasteiger partial charge in [0.05, 0.1) is 0 Å². The molecule has 3 nitrogen and oxygen atoms in total. The molecule has 1 aromatic rings. The number of hydrogen-bond donors (Lipinski definition) is 2. The molecule has 2 bridgehead atoms. The van der Waals surface area contributed by atoms with Gasteiger partial charge in [-0.2, -0.15) is 0 Å². The number of aromatic hydroxyl groups is 1. The third-order valence-electron chi connectivity index (χ3n) is 4.88. The van der Waals surface area contributed by atoms with Crippen molar-refractivity contribution in [3.8, 4) is 5.75 Å². The second kappa shape index (κ2) is 4.55. The number of anilines is 1. The molecule has 0 spiro atoms. The van der Waals surface area contributed by atoms with Crippen molar-refractivity contribution in [3.05, 3.63) is 23.3 Å². The molecule has 2 N–H and O–H groups in total. The Bertz CT molecular complexity index is 524. The predicted octanol–water partition coefficient (Wildman–Crippen LogP) is 3.38. The molecule has 0 heterocycles. The van der Waals surface area contributed by atoms with E-state index in [4.69, 9.17) is 0 Å². The van der Waals surface area contributed by atoms with Crippen molar-refractivity contribution in [2.45, 2.75) is 39.5 Å². The number of amides is 1. The minimum Gasteiger partial charge on any atom is -0.508 e. The molecule has 0 aliphatic heterocycles. The van der Waals surface area contributed by atoms with Gasteiger partial charge in [-0.25, -0.2) is 0 Å². The SMILES string of the molecule is Cc1cc(NC(=O)C2CC3CCC2C3)c(C)cc1O. The van der Waals surface area contributed by atoms with Crippen molar-refractivity contribution < 1.29 is 9.90 Å². The zero-order valence-electron chi connectivity index (χ0n) is 11.6. The van der Waals surface area contributed by atoms with Crippen LogP contribution in [-0.2, 0) is 4.79 Å². The van der Waals surface area contributed by atoms with Crippen LogP contribution in [0.25, 0.3) is 0 Å². The molecular weight excluding hydrogens is 238 g/mol. The zero-order valence-corrected chi connectivity index (χ0v) is 11.6. The van der Waals surface area contributed by atoms with Gasteiger partial charge < -0.3 is 10.4 Å². The lowest BCUT2D eigenvalue weighted by atomic mass is 9.88. The standard InChI is InChI=1S/C16H21NO2/c1-9-6-15(18)10(2)5-14(9)17-16(19)13-8-11-3-4-12(13)7-11/h5-6,11-13,18H,3-4,7-8H2,1-2H3,(H,17,19). The van der Waals surface area contributed by atoms with E-state index in [1.54, 1.807) is 6.07 Å². The fourth-order valence-electron chi connectivity index (χ4n) is 3.73. The van der Waals surface area contributed by atoms with E-state index in [1.165, 1.54) is 19.3 Å². The van der Waals surface area contributed by atoms with Crippen LogP contribution in [0.5, 0.6) is 5.75 Å². The highest BCUT2D eigenvalue weighted by Gasteiger charge is 2.43. The summed E-state index contributed by atoms with van der Waals surface area (Å²) in [5, 5.41) is 12.7. The first-order valence-electron chi connectivity index (χ1n) is 7.15. The minimum absolute atomic E-state index is 0.167. The first-order valence-corrected chi connectivity index (χ1v) is 7.15. The third kappa shape index (κ3) is 2.22. The van der Waals surface area contributed by atoms with E-state index in [0.29, 0.717) is 5.92 Å². The average molecular weight is 259 g/mol. The molecular formula is C16H21NO2. The molecule has 102 valence electrons. The highest BCUT2D eigenvalue weighted by atomic mass is 16.3. The smallest absolute Gasteiger partial charge is 0.227 e. The number of phenols is 1. The van der Waals surface area contributed by atoms with Crippen molar-refractivity contribution in [1.82, 2.24) is 0 Å². The fourth-order valence-corrected chi connectivity index (χ4v) is 3.73. The normalized spacial score (nSPS) is 28.6. The molecule has 2 aliphatic rings. The molecule has 2 fully saturated rings. The van der Waals surface area contributed by atoms with Crippen molar-refractivity contribution in [2.75, 3.05) is 5.32 Å². The zero-order chi connectivity index (χ0) is 13.6. The summed E-state index contributed by atoms with van der Waals surface area (Å²) < 4.78 is 0. The Morgan fingerprint density at radius 2 is 2.00 bits per heavy atom. The number of phenolic OH excluding ortho intramolecular Hbond substituents is 1. The largest absolute Gasteiger partial charge is 0.508 e. The molecule has 0 aromatic heterocycles. The second-order valence-corrected chi connectivity index (χ2v) is 6.22. The van der Waals surface area contributed by atoms with Crippen LogP contribution in [-0.4, -0.2) is 11.0 Å². The molecule has 3 heteroatoms. The quantitative estimate of drug-likeness (QED) is 0.800. The Hall–Kier alpha value is -1.51. The predicted molar refractivity (Wildman–Crippen MR) is 75.1 cm³/mol. The maximum absolute atomic E-state index is 12.4. The Kier molecular flexibility index (Phi) is 3.00. The number of aryl methyl sites for hydroxylation is 2. The van der Waals surface area contributed by atoms with Crippen LogP contribution >= 0.6 is 0 Å². The topological polar surface area (TPSA) is 49.3 Å². The molecule has 3 atom stereocenters. The Balaban J connectivity index is 1.75. The summed E-state index contributed by atoms with van der Waals surface area (Å²) in [6.45, 7) is 3.76. The van der Waals surface area contributed by atoms with E-state index >= 15 is 0 Å². The highest BCUT2D eigenvalue weighted by Crippen LogP contribution is 2.48. The summed E-state index contributed by atoms with van der Waals surface area (Å²) in [4.78, 5) is 12.4. The molecule has 0 saturated heterocycles. The maximum atomic E-state index is 12.4. The van der Waals surface area contributed by atoms with Gasteiger partial charge in [0.2, 0.25) is 5.91 Å². The molecule has 2 aliphatic carbocycles. The number of carbonyl (C=O) groups is 1. The summed E-state index contributed by atoms with van der Waals surface area (Å²) in [6.07, 6.45) is 4.83. The first-order chi connectivity index (χ1) is 9.04. The Morgan fingerprint density at radius 3 is 2.63 bits per heavy atom. The van der Waals surface area contributed by atoms with Gasteiger partial charge in [-0.15, -0.1) is 0 Å². The van der Waals surface area contributed by atoms with E-state index in [0.717, 1.165) is 29.2 Å². The van der Waals surface area contributed by atoms with Gasteiger partial charge in [-0.3, -0.25) is 4.79 Å². The van der Waals surface area contributed by atoms with Crippen molar-refractivity contribution in [2.24, 2.45) is 17.8 Å². The van der Waals surface area contributed by atoms with Gasteiger partial charge in [0.25, 0.3) is 0 Å². The maximum Gasteiger partial charge on any atom is 0.227 e. The van der Waals surface area contributed by atoms with Crippen molar-refractivity contribution >= 4 is 11.6 Å². The third-order valence-corrected chi connectivity index (χ3v) is 4.88. The number of fused-ring (bicyclic) bond motifs is 2. The van der Waals surface area contributed by atoms with Crippen LogP contribution < -0.4 is 5.32 Å². The van der Waals surface area contributed by atoms with Gasteiger partial charge in [0.15, 0.2) is 0 Å². The van der Waals surface area contributed by atoms with Gasteiger partial charge in [0, 0.05) is 11.6 Å². The van der Waals surface area contributed by atoms with E-state index in [9.17, 15) is 9.90 Å². The molecule has 1 amide bonds. The van der Waals surface area contributed by atoms with Crippen LogP contribution in [0.2, 0.25) is 0 Å². The Morgan fingerprint density at radius 1 is 1.21 bits per heavy atom. The van der Waals surface area contributed by atoms with Crippen LogP contribution in [0.1, 0.15) is 36.8 Å². The molecule has 3 rings (SSSR count). The van der Waals surface area contributed by atoms with Gasteiger partial charge in [-0.1, -0.05) is 6.42 Å². The lowest BCUT2D eigenvalue weighted by Gasteiger charge is -2.21. The van der Waals surface area contributed by atoms with E-state index in [1.807, 2.05) is 19.9 Å². The number of carbonyl (C=O) groups excluding carboxylic acids is 1. The minimum atomic E-state index is 0.167. The van der Waals surface area contributed by atoms with Crippen molar-refractivity contribution in [3.63, 3.8) is 0 Å². The van der Waals surface area contributed by atoms with Crippen LogP contribution in [0.3, 0.4) is 0 Å². The fraction of sp³-hybridized carbons (Fsp3) is 0.562. The average Bonchev–Trinajstić information content (AvgIpc) is 2.98. The van der Waals surface area contributed by atoms with Gasteiger partial charge >= 0.3 is 0 Å². The molecule has 2 saturated carbocycles. The summed E-state index contributed by atoms with van der Waals surface area (Å²) in [5.74, 6) is 2.04. The van der Waals surface area contributed by atoms with Gasteiger partial charge in [-0.05, 0) is 68.2 Å². The molecule has 3 unspecified atom stereocenters. The summed E-state index contributed by atoms with van der Waals surface area (Å²) in [6, 6.07) is 3.57. The molecule has 0 radical (unpaired) electrons. The number of nitrogens with one attached hydrogen (secondary N) is 1. The highest BCUT2D eigenvalue weighted by molar-refractivity contribution is 5.94. The van der Waals surface area contributed by atoms with Crippen molar-refractivity contribution in [1.29, 1.82) is 0 Å². The Labute approximate surface area is 114 Å².